The molecule has 0 spiro atoms. The molecule has 1 aliphatic rings. The minimum Gasteiger partial charge on any atom is -0.378 e. The Morgan fingerprint density at radius 1 is 1.14 bits per heavy atom. The lowest BCUT2D eigenvalue weighted by Crippen LogP contribution is -2.37. The van der Waals surface area contributed by atoms with Gasteiger partial charge in [0.15, 0.2) is 0 Å². The molecule has 6 heteroatoms. The molecule has 2 heterocycles. The number of rotatable bonds is 3. The van der Waals surface area contributed by atoms with E-state index in [0.29, 0.717) is 24.7 Å². The number of ether oxygens (including phenoxy) is 1. The summed E-state index contributed by atoms with van der Waals surface area (Å²) < 4.78 is 5.30. The van der Waals surface area contributed by atoms with Gasteiger partial charge in [-0.3, -0.25) is 4.79 Å². The molecule has 0 bridgehead atoms. The Morgan fingerprint density at radius 2 is 1.77 bits per heavy atom. The number of anilines is 2. The van der Waals surface area contributed by atoms with Crippen molar-refractivity contribution in [1.82, 2.24) is 9.97 Å². The molecule has 0 radical (unpaired) electrons. The molecule has 1 saturated heterocycles. The Balaban J connectivity index is 1.66. The summed E-state index contributed by atoms with van der Waals surface area (Å²) in [5.74, 6) is 0.424. The molecule has 1 aromatic carbocycles. The van der Waals surface area contributed by atoms with Gasteiger partial charge in [0.05, 0.1) is 18.8 Å². The van der Waals surface area contributed by atoms with Gasteiger partial charge in [-0.25, -0.2) is 9.97 Å². The van der Waals surface area contributed by atoms with Crippen LogP contribution in [0.15, 0.2) is 36.7 Å². The van der Waals surface area contributed by atoms with Gasteiger partial charge in [0, 0.05) is 31.2 Å². The van der Waals surface area contributed by atoms with E-state index >= 15 is 0 Å². The molecule has 1 amide bonds. The van der Waals surface area contributed by atoms with Crippen LogP contribution in [0.5, 0.6) is 0 Å². The van der Waals surface area contributed by atoms with Crippen LogP contribution in [0.3, 0.4) is 0 Å². The maximum atomic E-state index is 12.2. The molecule has 22 heavy (non-hydrogen) atoms. The number of benzene rings is 1. The van der Waals surface area contributed by atoms with E-state index < -0.39 is 0 Å². The van der Waals surface area contributed by atoms with Gasteiger partial charge in [-0.15, -0.1) is 0 Å². The molecule has 0 atom stereocenters. The Kier molecular flexibility index (Phi) is 4.29. The maximum Gasteiger partial charge on any atom is 0.258 e. The summed E-state index contributed by atoms with van der Waals surface area (Å²) in [6.45, 7) is 4.91. The maximum absolute atomic E-state index is 12.2. The van der Waals surface area contributed by atoms with E-state index in [2.05, 4.69) is 15.3 Å². The SMILES string of the molecule is Cc1ccc(NC(=O)c2cnc(N3CCOCC3)nc2)cc1. The fourth-order valence-corrected chi connectivity index (χ4v) is 2.21. The minimum atomic E-state index is -0.211. The molecule has 114 valence electrons. The highest BCUT2D eigenvalue weighted by molar-refractivity contribution is 6.03. The molecule has 1 N–H and O–H groups in total. The molecule has 1 aliphatic heterocycles. The van der Waals surface area contributed by atoms with Crippen LogP contribution in [0.1, 0.15) is 15.9 Å². The summed E-state index contributed by atoms with van der Waals surface area (Å²) in [7, 11) is 0. The smallest absolute Gasteiger partial charge is 0.258 e. The van der Waals surface area contributed by atoms with Gasteiger partial charge in [-0.2, -0.15) is 0 Å². The lowest BCUT2D eigenvalue weighted by Gasteiger charge is -2.26. The van der Waals surface area contributed by atoms with E-state index in [1.54, 1.807) is 12.4 Å². The zero-order valence-electron chi connectivity index (χ0n) is 12.5. The summed E-state index contributed by atoms with van der Waals surface area (Å²) >= 11 is 0. The van der Waals surface area contributed by atoms with Crippen molar-refractivity contribution < 1.29 is 9.53 Å². The van der Waals surface area contributed by atoms with E-state index in [1.165, 1.54) is 0 Å². The summed E-state index contributed by atoms with van der Waals surface area (Å²) in [5.41, 5.74) is 2.35. The van der Waals surface area contributed by atoms with E-state index in [1.807, 2.05) is 36.1 Å². The van der Waals surface area contributed by atoms with Crippen LogP contribution in [-0.2, 0) is 4.74 Å². The molecule has 2 aromatic rings. The van der Waals surface area contributed by atoms with Gasteiger partial charge in [-0.05, 0) is 19.1 Å². The van der Waals surface area contributed by atoms with Crippen LogP contribution >= 0.6 is 0 Å². The molecule has 3 rings (SSSR count). The van der Waals surface area contributed by atoms with Crippen molar-refractivity contribution in [3.63, 3.8) is 0 Å². The third kappa shape index (κ3) is 3.40. The van der Waals surface area contributed by atoms with Crippen molar-refractivity contribution in [2.45, 2.75) is 6.92 Å². The first kappa shape index (κ1) is 14.5. The minimum absolute atomic E-state index is 0.211. The number of carbonyl (C=O) groups is 1. The topological polar surface area (TPSA) is 67.4 Å². The van der Waals surface area contributed by atoms with Crippen molar-refractivity contribution in [2.75, 3.05) is 36.5 Å². The molecular weight excluding hydrogens is 280 g/mol. The number of hydrogen-bond acceptors (Lipinski definition) is 5. The molecular formula is C16H18N4O2. The van der Waals surface area contributed by atoms with E-state index in [4.69, 9.17) is 4.74 Å². The largest absolute Gasteiger partial charge is 0.378 e. The Bertz CT molecular complexity index is 634. The first-order valence-electron chi connectivity index (χ1n) is 7.25. The number of amides is 1. The standard InChI is InChI=1S/C16H18N4O2/c1-12-2-4-14(5-3-12)19-15(21)13-10-17-16(18-11-13)20-6-8-22-9-7-20/h2-5,10-11H,6-9H2,1H3,(H,19,21). The highest BCUT2D eigenvalue weighted by Crippen LogP contribution is 2.12. The average molecular weight is 298 g/mol. The average Bonchev–Trinajstić information content (AvgIpc) is 2.58. The third-order valence-corrected chi connectivity index (χ3v) is 3.50. The van der Waals surface area contributed by atoms with E-state index in [0.717, 1.165) is 24.3 Å². The Labute approximate surface area is 129 Å². The fraction of sp³-hybridized carbons (Fsp3) is 0.312. The number of aromatic nitrogens is 2. The number of nitrogens with zero attached hydrogens (tertiary/aromatic N) is 3. The predicted octanol–water partition coefficient (Wildman–Crippen LogP) is 1.87. The lowest BCUT2D eigenvalue weighted by molar-refractivity contribution is 0.102. The molecule has 1 aromatic heterocycles. The third-order valence-electron chi connectivity index (χ3n) is 3.50. The second kappa shape index (κ2) is 6.53. The summed E-state index contributed by atoms with van der Waals surface area (Å²) in [6.07, 6.45) is 3.11. The van der Waals surface area contributed by atoms with Gasteiger partial charge in [0.2, 0.25) is 5.95 Å². The molecule has 0 saturated carbocycles. The monoisotopic (exact) mass is 298 g/mol. The van der Waals surface area contributed by atoms with Crippen LogP contribution in [0.25, 0.3) is 0 Å². The summed E-state index contributed by atoms with van der Waals surface area (Å²) in [5, 5.41) is 2.83. The van der Waals surface area contributed by atoms with Crippen LogP contribution in [-0.4, -0.2) is 42.2 Å². The second-order valence-corrected chi connectivity index (χ2v) is 5.19. The lowest BCUT2D eigenvalue weighted by atomic mass is 10.2. The van der Waals surface area contributed by atoms with Gasteiger partial charge in [0.25, 0.3) is 5.91 Å². The van der Waals surface area contributed by atoms with Gasteiger partial charge in [-0.1, -0.05) is 17.7 Å². The van der Waals surface area contributed by atoms with Crippen molar-refractivity contribution in [1.29, 1.82) is 0 Å². The number of aryl methyl sites for hydroxylation is 1. The highest BCUT2D eigenvalue weighted by Gasteiger charge is 2.14. The summed E-state index contributed by atoms with van der Waals surface area (Å²) in [4.78, 5) is 22.8. The van der Waals surface area contributed by atoms with Crippen molar-refractivity contribution in [2.24, 2.45) is 0 Å². The zero-order valence-corrected chi connectivity index (χ0v) is 12.5. The van der Waals surface area contributed by atoms with Crippen LogP contribution in [0, 0.1) is 6.92 Å². The van der Waals surface area contributed by atoms with E-state index in [9.17, 15) is 4.79 Å². The van der Waals surface area contributed by atoms with Crippen LogP contribution < -0.4 is 10.2 Å². The Morgan fingerprint density at radius 3 is 2.41 bits per heavy atom. The second-order valence-electron chi connectivity index (χ2n) is 5.19. The number of nitrogens with one attached hydrogen (secondary N) is 1. The molecule has 6 nitrogen and oxygen atoms in total. The normalized spacial score (nSPS) is 14.7. The number of carbonyl (C=O) groups excluding carboxylic acids is 1. The first-order valence-corrected chi connectivity index (χ1v) is 7.25. The quantitative estimate of drug-likeness (QED) is 0.937. The predicted molar refractivity (Wildman–Crippen MR) is 84.2 cm³/mol. The van der Waals surface area contributed by atoms with Gasteiger partial charge in [0.1, 0.15) is 0 Å². The number of hydrogen-bond donors (Lipinski definition) is 1. The summed E-state index contributed by atoms with van der Waals surface area (Å²) in [6, 6.07) is 7.65. The molecule has 1 fully saturated rings. The van der Waals surface area contributed by atoms with Crippen LogP contribution in [0.2, 0.25) is 0 Å². The van der Waals surface area contributed by atoms with E-state index in [-0.39, 0.29) is 5.91 Å². The van der Waals surface area contributed by atoms with Crippen LogP contribution in [0.4, 0.5) is 11.6 Å². The fourth-order valence-electron chi connectivity index (χ4n) is 2.21. The molecule has 0 unspecified atom stereocenters. The Hall–Kier alpha value is -2.47. The zero-order chi connectivity index (χ0) is 15.4. The molecule has 0 aliphatic carbocycles. The van der Waals surface area contributed by atoms with Crippen molar-refractivity contribution in [3.05, 3.63) is 47.8 Å². The first-order chi connectivity index (χ1) is 10.7. The van der Waals surface area contributed by atoms with Crippen molar-refractivity contribution in [3.8, 4) is 0 Å². The van der Waals surface area contributed by atoms with Gasteiger partial charge < -0.3 is 15.0 Å². The van der Waals surface area contributed by atoms with Gasteiger partial charge >= 0.3 is 0 Å². The number of morpholine rings is 1. The highest BCUT2D eigenvalue weighted by atomic mass is 16.5. The van der Waals surface area contributed by atoms with Crippen molar-refractivity contribution >= 4 is 17.5 Å².